The number of rotatable bonds is 7. The first-order valence-corrected chi connectivity index (χ1v) is 9.09. The predicted molar refractivity (Wildman–Crippen MR) is 110 cm³/mol. The number of nitrogens with one attached hydrogen (secondary N) is 4. The first-order chi connectivity index (χ1) is 12.4. The summed E-state index contributed by atoms with van der Waals surface area (Å²) in [7, 11) is 1.70. The summed E-state index contributed by atoms with van der Waals surface area (Å²) in [5.41, 5.74) is 1.08. The van der Waals surface area contributed by atoms with Crippen molar-refractivity contribution in [3.8, 4) is 0 Å². The van der Waals surface area contributed by atoms with Crippen molar-refractivity contribution in [2.24, 2.45) is 5.41 Å². The van der Waals surface area contributed by atoms with Gasteiger partial charge in [0, 0.05) is 36.4 Å². The van der Waals surface area contributed by atoms with Gasteiger partial charge >= 0.3 is 6.03 Å². The van der Waals surface area contributed by atoms with E-state index in [9.17, 15) is 9.59 Å². The molecule has 1 fully saturated rings. The minimum Gasteiger partial charge on any atom is -0.384 e. The Balaban J connectivity index is 0.00000364. The number of carbonyl (C=O) groups excluding carboxylic acids is 2. The number of halogens is 1. The fourth-order valence-corrected chi connectivity index (χ4v) is 3.17. The van der Waals surface area contributed by atoms with E-state index in [-0.39, 0.29) is 35.8 Å². The molecule has 0 saturated carbocycles. The summed E-state index contributed by atoms with van der Waals surface area (Å²) in [5, 5.41) is 11.9. The summed E-state index contributed by atoms with van der Waals surface area (Å²) < 4.78 is 5.38. The molecule has 0 spiro atoms. The number of benzene rings is 1. The van der Waals surface area contributed by atoms with Crippen molar-refractivity contribution in [2.45, 2.75) is 32.7 Å². The van der Waals surface area contributed by atoms with Crippen LogP contribution in [-0.4, -0.2) is 51.3 Å². The molecule has 152 valence electrons. The third-order valence-electron chi connectivity index (χ3n) is 4.54. The van der Waals surface area contributed by atoms with E-state index in [4.69, 9.17) is 4.74 Å². The lowest BCUT2D eigenvalue weighted by molar-refractivity contribution is 0.0512. The van der Waals surface area contributed by atoms with Gasteiger partial charge < -0.3 is 26.0 Å². The molecule has 0 aliphatic carbocycles. The van der Waals surface area contributed by atoms with Gasteiger partial charge in [0.05, 0.1) is 6.61 Å². The average molecular weight is 399 g/mol. The molecule has 2 rings (SSSR count). The lowest BCUT2D eigenvalue weighted by Crippen LogP contribution is -2.47. The average Bonchev–Trinajstić information content (AvgIpc) is 2.60. The zero-order valence-corrected chi connectivity index (χ0v) is 17.1. The molecule has 27 heavy (non-hydrogen) atoms. The van der Waals surface area contributed by atoms with Crippen LogP contribution in [0.3, 0.4) is 0 Å². The molecular weight excluding hydrogens is 368 g/mol. The van der Waals surface area contributed by atoms with Crippen LogP contribution in [-0.2, 0) is 4.74 Å². The van der Waals surface area contributed by atoms with Crippen LogP contribution in [0.15, 0.2) is 24.3 Å². The van der Waals surface area contributed by atoms with Gasteiger partial charge in [-0.05, 0) is 58.0 Å². The highest BCUT2D eigenvalue weighted by atomic mass is 35.5. The zero-order valence-electron chi connectivity index (χ0n) is 16.3. The van der Waals surface area contributed by atoms with E-state index in [1.54, 1.807) is 31.4 Å². The smallest absolute Gasteiger partial charge is 0.319 e. The summed E-state index contributed by atoms with van der Waals surface area (Å²) in [5.74, 6) is -0.146. The highest BCUT2D eigenvalue weighted by Gasteiger charge is 2.32. The Morgan fingerprint density at radius 2 is 1.96 bits per heavy atom. The Labute approximate surface area is 167 Å². The van der Waals surface area contributed by atoms with E-state index < -0.39 is 0 Å². The van der Waals surface area contributed by atoms with Crippen molar-refractivity contribution < 1.29 is 14.3 Å². The minimum absolute atomic E-state index is 0. The molecule has 0 aromatic heterocycles. The van der Waals surface area contributed by atoms with E-state index in [2.05, 4.69) is 21.3 Å². The first kappa shape index (κ1) is 23.2. The second-order valence-electron chi connectivity index (χ2n) is 7.20. The molecule has 1 heterocycles. The number of hydrogen-bond acceptors (Lipinski definition) is 4. The number of hydrogen-bond donors (Lipinski definition) is 4. The highest BCUT2D eigenvalue weighted by molar-refractivity contribution is 5.96. The standard InChI is InChI=1S/C19H30N4O3.ClH/c1-14(2)22-18(25)23-16-6-4-5-15(11-16)17(24)21-12-19(13-26-3)7-9-20-10-8-19;/h4-6,11,14,20H,7-10,12-13H2,1-3H3,(H,21,24)(H2,22,23,25);1H. The Kier molecular flexibility index (Phi) is 9.55. The number of urea groups is 1. The van der Waals surface area contributed by atoms with Crippen LogP contribution in [0, 0.1) is 5.41 Å². The summed E-state index contributed by atoms with van der Waals surface area (Å²) in [6.07, 6.45) is 1.94. The molecule has 0 unspecified atom stereocenters. The van der Waals surface area contributed by atoms with Gasteiger partial charge in [-0.15, -0.1) is 12.4 Å². The molecule has 3 amide bonds. The van der Waals surface area contributed by atoms with Crippen molar-refractivity contribution in [3.63, 3.8) is 0 Å². The van der Waals surface area contributed by atoms with Crippen LogP contribution in [0.4, 0.5) is 10.5 Å². The van der Waals surface area contributed by atoms with Gasteiger partial charge in [-0.3, -0.25) is 4.79 Å². The molecule has 7 nitrogen and oxygen atoms in total. The summed E-state index contributed by atoms with van der Waals surface area (Å²) >= 11 is 0. The van der Waals surface area contributed by atoms with Crippen LogP contribution in [0.1, 0.15) is 37.0 Å². The van der Waals surface area contributed by atoms with E-state index in [1.807, 2.05) is 13.8 Å². The number of piperidine rings is 1. The van der Waals surface area contributed by atoms with Gasteiger partial charge in [-0.1, -0.05) is 6.07 Å². The summed E-state index contributed by atoms with van der Waals surface area (Å²) in [4.78, 5) is 24.4. The second-order valence-corrected chi connectivity index (χ2v) is 7.20. The van der Waals surface area contributed by atoms with Crippen LogP contribution >= 0.6 is 12.4 Å². The predicted octanol–water partition coefficient (Wildman–Crippen LogP) is 2.38. The van der Waals surface area contributed by atoms with Gasteiger partial charge in [0.25, 0.3) is 5.91 Å². The van der Waals surface area contributed by atoms with Gasteiger partial charge in [-0.2, -0.15) is 0 Å². The monoisotopic (exact) mass is 398 g/mol. The highest BCUT2D eigenvalue weighted by Crippen LogP contribution is 2.28. The number of carbonyl (C=O) groups is 2. The molecule has 0 radical (unpaired) electrons. The lowest BCUT2D eigenvalue weighted by Gasteiger charge is -2.37. The Morgan fingerprint density at radius 1 is 1.26 bits per heavy atom. The van der Waals surface area contributed by atoms with Gasteiger partial charge in [0.1, 0.15) is 0 Å². The maximum Gasteiger partial charge on any atom is 0.319 e. The van der Waals surface area contributed by atoms with Crippen LogP contribution < -0.4 is 21.3 Å². The van der Waals surface area contributed by atoms with Crippen molar-refractivity contribution in [1.29, 1.82) is 0 Å². The number of amides is 3. The van der Waals surface area contributed by atoms with Crippen LogP contribution in [0.2, 0.25) is 0 Å². The molecule has 1 aliphatic heterocycles. The Hall–Kier alpha value is -1.83. The second kappa shape index (κ2) is 11.1. The van der Waals surface area contributed by atoms with Crippen molar-refractivity contribution >= 4 is 30.0 Å². The topological polar surface area (TPSA) is 91.5 Å². The maximum atomic E-state index is 12.6. The molecule has 1 aromatic carbocycles. The van der Waals surface area contributed by atoms with Crippen molar-refractivity contribution in [3.05, 3.63) is 29.8 Å². The maximum absolute atomic E-state index is 12.6. The van der Waals surface area contributed by atoms with Crippen molar-refractivity contribution in [1.82, 2.24) is 16.0 Å². The fourth-order valence-electron chi connectivity index (χ4n) is 3.17. The molecule has 0 atom stereocenters. The minimum atomic E-state index is -0.286. The van der Waals surface area contributed by atoms with E-state index in [1.165, 1.54) is 0 Å². The normalized spacial score (nSPS) is 15.6. The Morgan fingerprint density at radius 3 is 2.59 bits per heavy atom. The van der Waals surface area contributed by atoms with Crippen molar-refractivity contribution in [2.75, 3.05) is 38.7 Å². The molecule has 0 bridgehead atoms. The number of anilines is 1. The molecule has 1 saturated heterocycles. The SMILES string of the molecule is COCC1(CNC(=O)c2cccc(NC(=O)NC(C)C)c2)CCNCC1.Cl. The van der Waals surface area contributed by atoms with Gasteiger partial charge in [0.2, 0.25) is 0 Å². The molecule has 4 N–H and O–H groups in total. The van der Waals surface area contributed by atoms with E-state index >= 15 is 0 Å². The Bertz CT molecular complexity index is 613. The van der Waals surface area contributed by atoms with E-state index in [0.717, 1.165) is 25.9 Å². The fraction of sp³-hybridized carbons (Fsp3) is 0.579. The number of ether oxygens (including phenoxy) is 1. The van der Waals surface area contributed by atoms with Crippen LogP contribution in [0.5, 0.6) is 0 Å². The van der Waals surface area contributed by atoms with E-state index in [0.29, 0.717) is 24.4 Å². The van der Waals surface area contributed by atoms with Gasteiger partial charge in [-0.25, -0.2) is 4.79 Å². The van der Waals surface area contributed by atoms with Gasteiger partial charge in [0.15, 0.2) is 0 Å². The summed E-state index contributed by atoms with van der Waals surface area (Å²) in [6, 6.07) is 6.70. The molecule has 1 aliphatic rings. The zero-order chi connectivity index (χ0) is 19.0. The van der Waals surface area contributed by atoms with Crippen LogP contribution in [0.25, 0.3) is 0 Å². The quantitative estimate of drug-likeness (QED) is 0.567. The molecule has 1 aromatic rings. The largest absolute Gasteiger partial charge is 0.384 e. The lowest BCUT2D eigenvalue weighted by atomic mass is 9.79. The molecular formula is C19H31ClN4O3. The third-order valence-corrected chi connectivity index (χ3v) is 4.54. The molecule has 8 heteroatoms. The first-order valence-electron chi connectivity index (χ1n) is 9.09. The summed E-state index contributed by atoms with van der Waals surface area (Å²) in [6.45, 7) is 6.85. The number of methoxy groups -OCH3 is 1. The third kappa shape index (κ3) is 7.36.